The molecule has 0 aliphatic carbocycles. The first-order valence-corrected chi connectivity index (χ1v) is 10.4. The minimum absolute atomic E-state index is 0.118. The van der Waals surface area contributed by atoms with Gasteiger partial charge in [-0.3, -0.25) is 4.79 Å². The van der Waals surface area contributed by atoms with Crippen LogP contribution in [0.1, 0.15) is 33.7 Å². The summed E-state index contributed by atoms with van der Waals surface area (Å²) in [6.07, 6.45) is 1.47. The Labute approximate surface area is 180 Å². The summed E-state index contributed by atoms with van der Waals surface area (Å²) >= 11 is 7.06. The zero-order valence-corrected chi connectivity index (χ0v) is 17.2. The van der Waals surface area contributed by atoms with E-state index in [2.05, 4.69) is 20.8 Å². The van der Waals surface area contributed by atoms with Crippen LogP contribution in [-0.4, -0.2) is 33.6 Å². The van der Waals surface area contributed by atoms with Crippen molar-refractivity contribution in [3.05, 3.63) is 69.4 Å². The van der Waals surface area contributed by atoms with Gasteiger partial charge in [-0.05, 0) is 43.2 Å². The zero-order valence-electron chi connectivity index (χ0n) is 15.6. The van der Waals surface area contributed by atoms with Crippen LogP contribution in [0.25, 0.3) is 0 Å². The molecule has 1 aromatic heterocycles. The fourth-order valence-electron chi connectivity index (χ4n) is 3.23. The number of nitrogens with one attached hydrogen (secondary N) is 2. The van der Waals surface area contributed by atoms with Crippen molar-refractivity contribution < 1.29 is 14.0 Å². The fraction of sp³-hybridized carbons (Fsp3) is 0.200. The number of rotatable bonds is 4. The van der Waals surface area contributed by atoms with Crippen molar-refractivity contribution >= 4 is 46.3 Å². The van der Waals surface area contributed by atoms with Crippen molar-refractivity contribution in [1.29, 1.82) is 0 Å². The van der Waals surface area contributed by atoms with Crippen molar-refractivity contribution in [2.75, 3.05) is 17.2 Å². The number of benzene rings is 2. The Kier molecular flexibility index (Phi) is 5.91. The summed E-state index contributed by atoms with van der Waals surface area (Å²) in [7, 11) is 0. The highest BCUT2D eigenvalue weighted by atomic mass is 35.5. The summed E-state index contributed by atoms with van der Waals surface area (Å²) in [5.41, 5.74) is 0.669. The van der Waals surface area contributed by atoms with Crippen LogP contribution in [0.3, 0.4) is 0 Å². The lowest BCUT2D eigenvalue weighted by Crippen LogP contribution is -2.34. The number of anilines is 2. The molecule has 2 N–H and O–H groups in total. The van der Waals surface area contributed by atoms with Gasteiger partial charge in [0.15, 0.2) is 0 Å². The van der Waals surface area contributed by atoms with Crippen LogP contribution in [0.2, 0.25) is 5.02 Å². The fourth-order valence-corrected chi connectivity index (χ4v) is 4.30. The molecule has 7 nitrogen and oxygen atoms in total. The Balaban J connectivity index is 1.46. The smallest absolute Gasteiger partial charge is 0.320 e. The molecule has 0 spiro atoms. The van der Waals surface area contributed by atoms with Crippen molar-refractivity contribution in [1.82, 2.24) is 15.1 Å². The number of aromatic nitrogens is 2. The number of halogens is 2. The first kappa shape index (κ1) is 20.2. The third kappa shape index (κ3) is 4.42. The number of nitrogens with zero attached hydrogens (tertiary/aromatic N) is 3. The van der Waals surface area contributed by atoms with E-state index in [-0.39, 0.29) is 16.7 Å². The van der Waals surface area contributed by atoms with E-state index in [0.29, 0.717) is 28.7 Å². The average Bonchev–Trinajstić information content (AvgIpc) is 3.39. The maximum atomic E-state index is 13.8. The second-order valence-corrected chi connectivity index (χ2v) is 8.12. The van der Waals surface area contributed by atoms with Gasteiger partial charge in [0, 0.05) is 17.3 Å². The highest BCUT2D eigenvalue weighted by Crippen LogP contribution is 2.34. The molecule has 1 aliphatic rings. The van der Waals surface area contributed by atoms with Crippen LogP contribution in [0.15, 0.2) is 48.5 Å². The number of hydrogen-bond acceptors (Lipinski definition) is 5. The van der Waals surface area contributed by atoms with Gasteiger partial charge in [0.1, 0.15) is 10.8 Å². The molecule has 154 valence electrons. The molecule has 0 unspecified atom stereocenters. The molecular formula is C20H17ClFN5O2S. The third-order valence-corrected chi connectivity index (χ3v) is 5.89. The molecule has 2 aromatic carbocycles. The van der Waals surface area contributed by atoms with Gasteiger partial charge in [-0.1, -0.05) is 41.1 Å². The summed E-state index contributed by atoms with van der Waals surface area (Å²) in [4.78, 5) is 26.7. The lowest BCUT2D eigenvalue weighted by molar-refractivity contribution is 0.102. The van der Waals surface area contributed by atoms with Gasteiger partial charge in [0.25, 0.3) is 5.91 Å². The normalized spacial score (nSPS) is 15.8. The van der Waals surface area contributed by atoms with Crippen molar-refractivity contribution in [3.8, 4) is 0 Å². The Morgan fingerprint density at radius 1 is 1.13 bits per heavy atom. The van der Waals surface area contributed by atoms with Gasteiger partial charge in [0.05, 0.1) is 11.7 Å². The predicted molar refractivity (Wildman–Crippen MR) is 113 cm³/mol. The molecule has 1 saturated heterocycles. The van der Waals surface area contributed by atoms with E-state index in [4.69, 9.17) is 11.6 Å². The van der Waals surface area contributed by atoms with Crippen LogP contribution in [-0.2, 0) is 0 Å². The Bertz CT molecular complexity index is 1090. The Morgan fingerprint density at radius 3 is 2.77 bits per heavy atom. The lowest BCUT2D eigenvalue weighted by Gasteiger charge is -2.23. The molecule has 1 aliphatic heterocycles. The molecule has 3 amide bonds. The van der Waals surface area contributed by atoms with E-state index < -0.39 is 17.8 Å². The second kappa shape index (κ2) is 8.76. The summed E-state index contributed by atoms with van der Waals surface area (Å²) in [6, 6.07) is 12.1. The second-order valence-electron chi connectivity index (χ2n) is 6.67. The molecule has 0 saturated carbocycles. The van der Waals surface area contributed by atoms with Gasteiger partial charge in [0.2, 0.25) is 5.01 Å². The molecular weight excluding hydrogens is 429 g/mol. The molecule has 30 heavy (non-hydrogen) atoms. The van der Waals surface area contributed by atoms with Gasteiger partial charge in [-0.25, -0.2) is 9.18 Å². The molecule has 0 radical (unpaired) electrons. The topological polar surface area (TPSA) is 87.2 Å². The van der Waals surface area contributed by atoms with E-state index >= 15 is 0 Å². The zero-order chi connectivity index (χ0) is 21.1. The summed E-state index contributed by atoms with van der Waals surface area (Å²) in [5.74, 6) is -0.904. The number of urea groups is 1. The van der Waals surface area contributed by atoms with Gasteiger partial charge < -0.3 is 15.5 Å². The van der Waals surface area contributed by atoms with Crippen LogP contribution in [0.5, 0.6) is 0 Å². The largest absolute Gasteiger partial charge is 0.322 e. The minimum atomic E-state index is -0.502. The molecule has 4 rings (SSSR count). The molecule has 1 fully saturated rings. The first-order valence-electron chi connectivity index (χ1n) is 9.24. The number of likely N-dealkylation sites (tertiary alicyclic amines) is 1. The maximum Gasteiger partial charge on any atom is 0.322 e. The number of para-hydroxylation sites is 1. The summed E-state index contributed by atoms with van der Waals surface area (Å²) in [5, 5.41) is 14.7. The van der Waals surface area contributed by atoms with Gasteiger partial charge in [-0.15, -0.1) is 10.2 Å². The summed E-state index contributed by atoms with van der Waals surface area (Å²) in [6.45, 7) is 0.509. The number of amides is 3. The van der Waals surface area contributed by atoms with E-state index in [1.54, 1.807) is 41.3 Å². The third-order valence-electron chi connectivity index (χ3n) is 4.63. The highest BCUT2D eigenvalue weighted by Gasteiger charge is 2.33. The van der Waals surface area contributed by atoms with E-state index in [1.165, 1.54) is 12.1 Å². The highest BCUT2D eigenvalue weighted by molar-refractivity contribution is 7.13. The maximum absolute atomic E-state index is 13.8. The van der Waals surface area contributed by atoms with Crippen molar-refractivity contribution in [2.45, 2.75) is 18.9 Å². The quantitative estimate of drug-likeness (QED) is 0.594. The predicted octanol–water partition coefficient (Wildman–Crippen LogP) is 4.95. The lowest BCUT2D eigenvalue weighted by atomic mass is 10.2. The SMILES string of the molecule is O=C(Nc1cccc(Cl)c1)c1nnc([C@H]2CCCN2C(=O)Nc2ccccc2F)s1. The van der Waals surface area contributed by atoms with Crippen LogP contribution in [0, 0.1) is 5.82 Å². The van der Waals surface area contributed by atoms with Gasteiger partial charge >= 0.3 is 6.03 Å². The number of hydrogen-bond donors (Lipinski definition) is 2. The molecule has 3 aromatic rings. The van der Waals surface area contributed by atoms with Crippen molar-refractivity contribution in [2.24, 2.45) is 0 Å². The molecule has 0 bridgehead atoms. The minimum Gasteiger partial charge on any atom is -0.320 e. The Morgan fingerprint density at radius 2 is 1.97 bits per heavy atom. The standard InChI is InChI=1S/C20H17ClFN5O2S/c21-12-5-3-6-13(11-12)23-17(28)19-26-25-18(30-19)16-9-4-10-27(16)20(29)24-15-8-2-1-7-14(15)22/h1-3,5-8,11,16H,4,9-10H2,(H,23,28)(H,24,29)/t16-/m1/s1. The summed E-state index contributed by atoms with van der Waals surface area (Å²) < 4.78 is 13.8. The average molecular weight is 446 g/mol. The number of carbonyl (C=O) groups excluding carboxylic acids is 2. The van der Waals surface area contributed by atoms with E-state index in [9.17, 15) is 14.0 Å². The molecule has 1 atom stereocenters. The molecule has 10 heteroatoms. The van der Waals surface area contributed by atoms with Crippen LogP contribution < -0.4 is 10.6 Å². The van der Waals surface area contributed by atoms with Gasteiger partial charge in [-0.2, -0.15) is 0 Å². The monoisotopic (exact) mass is 445 g/mol. The van der Waals surface area contributed by atoms with E-state index in [0.717, 1.165) is 17.8 Å². The van der Waals surface area contributed by atoms with E-state index in [1.807, 2.05) is 0 Å². The Hall–Kier alpha value is -3.04. The molecule has 2 heterocycles. The first-order chi connectivity index (χ1) is 14.5. The van der Waals surface area contributed by atoms with Crippen LogP contribution >= 0.6 is 22.9 Å². The van der Waals surface area contributed by atoms with Crippen molar-refractivity contribution in [3.63, 3.8) is 0 Å². The number of carbonyl (C=O) groups is 2. The van der Waals surface area contributed by atoms with Crippen LogP contribution in [0.4, 0.5) is 20.6 Å².